The van der Waals surface area contributed by atoms with E-state index >= 15 is 0 Å². The number of amides is 1. The maximum atomic E-state index is 13.3. The minimum atomic E-state index is 0.166. The van der Waals surface area contributed by atoms with Crippen LogP contribution in [0.15, 0.2) is 54.6 Å². The Hall–Kier alpha value is -2.62. The standard InChI is InChI=1S/C28H29ClN2O/c1-18-7-8-19(2)26(15-18)31-27-17-21(20-11-13-30-14-12-20)16-24(23(27)9-10-28(31)32)22-5-3-4-6-25(22)29/h3-8,15-17,20,30H,9-14H2,1-2H3. The van der Waals surface area contributed by atoms with Crippen LogP contribution in [0.25, 0.3) is 11.1 Å². The summed E-state index contributed by atoms with van der Waals surface area (Å²) in [7, 11) is 0. The Balaban J connectivity index is 1.75. The summed E-state index contributed by atoms with van der Waals surface area (Å²) >= 11 is 6.68. The Morgan fingerprint density at radius 2 is 1.69 bits per heavy atom. The Morgan fingerprint density at radius 3 is 2.47 bits per heavy atom. The second-order valence-corrected chi connectivity index (χ2v) is 9.50. The SMILES string of the molecule is Cc1ccc(C)c(N2C(=O)CCc3c(-c4ccccc4Cl)cc(C4CCNCC4)cc32)c1. The summed E-state index contributed by atoms with van der Waals surface area (Å²) in [5.41, 5.74) is 9.04. The lowest BCUT2D eigenvalue weighted by Gasteiger charge is -2.34. The molecule has 4 heteroatoms. The lowest BCUT2D eigenvalue weighted by atomic mass is 9.83. The van der Waals surface area contributed by atoms with Crippen molar-refractivity contribution in [3.8, 4) is 11.1 Å². The van der Waals surface area contributed by atoms with Crippen molar-refractivity contribution in [1.29, 1.82) is 0 Å². The number of hydrogen-bond donors (Lipinski definition) is 1. The van der Waals surface area contributed by atoms with Crippen LogP contribution in [0.2, 0.25) is 5.02 Å². The number of halogens is 1. The number of rotatable bonds is 3. The summed E-state index contributed by atoms with van der Waals surface area (Å²) in [4.78, 5) is 15.3. The average Bonchev–Trinajstić information content (AvgIpc) is 2.81. The van der Waals surface area contributed by atoms with E-state index in [9.17, 15) is 4.79 Å². The predicted octanol–water partition coefficient (Wildman–Crippen LogP) is 6.70. The highest BCUT2D eigenvalue weighted by atomic mass is 35.5. The lowest BCUT2D eigenvalue weighted by Crippen LogP contribution is -2.32. The van der Waals surface area contributed by atoms with Crippen LogP contribution in [0.5, 0.6) is 0 Å². The van der Waals surface area contributed by atoms with Gasteiger partial charge in [-0.25, -0.2) is 0 Å². The minimum absolute atomic E-state index is 0.166. The second kappa shape index (κ2) is 8.73. The number of carbonyl (C=O) groups excluding carboxylic acids is 1. The molecule has 0 aromatic heterocycles. The third kappa shape index (κ3) is 3.85. The number of nitrogens with one attached hydrogen (secondary N) is 1. The number of nitrogens with zero attached hydrogens (tertiary/aromatic N) is 1. The van der Waals surface area contributed by atoms with E-state index in [1.165, 1.54) is 16.7 Å². The number of fused-ring (bicyclic) bond motifs is 1. The van der Waals surface area contributed by atoms with E-state index in [4.69, 9.17) is 11.6 Å². The average molecular weight is 445 g/mol. The maximum absolute atomic E-state index is 13.3. The summed E-state index contributed by atoms with van der Waals surface area (Å²) in [5.74, 6) is 0.652. The predicted molar refractivity (Wildman–Crippen MR) is 133 cm³/mol. The molecule has 32 heavy (non-hydrogen) atoms. The van der Waals surface area contributed by atoms with Crippen LogP contribution < -0.4 is 10.2 Å². The van der Waals surface area contributed by atoms with Crippen LogP contribution >= 0.6 is 11.6 Å². The molecule has 1 N–H and O–H groups in total. The molecule has 0 unspecified atom stereocenters. The zero-order chi connectivity index (χ0) is 22.2. The zero-order valence-corrected chi connectivity index (χ0v) is 19.5. The topological polar surface area (TPSA) is 32.3 Å². The molecule has 3 nitrogen and oxygen atoms in total. The molecule has 3 aromatic rings. The van der Waals surface area contributed by atoms with Crippen molar-refractivity contribution in [3.63, 3.8) is 0 Å². The molecule has 0 aliphatic carbocycles. The first kappa shape index (κ1) is 21.2. The molecule has 1 amide bonds. The van der Waals surface area contributed by atoms with Crippen LogP contribution in [0.3, 0.4) is 0 Å². The molecule has 0 bridgehead atoms. The number of benzene rings is 3. The van der Waals surface area contributed by atoms with Gasteiger partial charge >= 0.3 is 0 Å². The monoisotopic (exact) mass is 444 g/mol. The number of piperidine rings is 1. The molecule has 3 aromatic carbocycles. The van der Waals surface area contributed by atoms with Crippen molar-refractivity contribution >= 4 is 28.9 Å². The van der Waals surface area contributed by atoms with Crippen molar-refractivity contribution in [1.82, 2.24) is 5.32 Å². The summed E-state index contributed by atoms with van der Waals surface area (Å²) < 4.78 is 0. The van der Waals surface area contributed by atoms with Gasteiger partial charge < -0.3 is 5.32 Å². The fourth-order valence-electron chi connectivity index (χ4n) is 5.15. The fourth-order valence-corrected chi connectivity index (χ4v) is 5.39. The molecular weight excluding hydrogens is 416 g/mol. The Morgan fingerprint density at radius 1 is 0.906 bits per heavy atom. The van der Waals surface area contributed by atoms with Gasteiger partial charge in [0.2, 0.25) is 5.91 Å². The zero-order valence-electron chi connectivity index (χ0n) is 18.7. The molecular formula is C28H29ClN2O. The normalized spacial score (nSPS) is 16.8. The third-order valence-corrected chi connectivity index (χ3v) is 7.24. The van der Waals surface area contributed by atoms with Crippen LogP contribution in [-0.2, 0) is 11.2 Å². The third-order valence-electron chi connectivity index (χ3n) is 6.91. The number of hydrogen-bond acceptors (Lipinski definition) is 2. The highest BCUT2D eigenvalue weighted by Gasteiger charge is 2.31. The van der Waals surface area contributed by atoms with Crippen molar-refractivity contribution in [2.45, 2.75) is 45.4 Å². The molecule has 0 atom stereocenters. The van der Waals surface area contributed by atoms with Gasteiger partial charge in [-0.1, -0.05) is 48.0 Å². The van der Waals surface area contributed by atoms with Crippen molar-refractivity contribution < 1.29 is 4.79 Å². The first-order valence-corrected chi connectivity index (χ1v) is 11.9. The first-order chi connectivity index (χ1) is 15.5. The van der Waals surface area contributed by atoms with E-state index in [0.717, 1.165) is 65.4 Å². The summed E-state index contributed by atoms with van der Waals surface area (Å²) in [6, 6.07) is 19.0. The second-order valence-electron chi connectivity index (χ2n) is 9.09. The summed E-state index contributed by atoms with van der Waals surface area (Å²) in [6.07, 6.45) is 3.46. The number of aryl methyl sites for hydroxylation is 2. The van der Waals surface area contributed by atoms with Gasteiger partial charge in [0.1, 0.15) is 0 Å². The van der Waals surface area contributed by atoms with Gasteiger partial charge in [0.25, 0.3) is 0 Å². The quantitative estimate of drug-likeness (QED) is 0.487. The molecule has 0 saturated carbocycles. The van der Waals surface area contributed by atoms with Crippen LogP contribution in [-0.4, -0.2) is 19.0 Å². The van der Waals surface area contributed by atoms with E-state index < -0.39 is 0 Å². The van der Waals surface area contributed by atoms with Gasteiger partial charge in [-0.3, -0.25) is 9.69 Å². The Labute approximate surface area is 195 Å². The molecule has 5 rings (SSSR count). The fraction of sp³-hybridized carbons (Fsp3) is 0.321. The lowest BCUT2D eigenvalue weighted by molar-refractivity contribution is -0.118. The largest absolute Gasteiger partial charge is 0.317 e. The summed E-state index contributed by atoms with van der Waals surface area (Å²) in [6.45, 7) is 6.23. The summed E-state index contributed by atoms with van der Waals surface area (Å²) in [5, 5.41) is 4.23. The Bertz CT molecular complexity index is 1180. The first-order valence-electron chi connectivity index (χ1n) is 11.6. The minimum Gasteiger partial charge on any atom is -0.317 e. The molecule has 2 heterocycles. The van der Waals surface area contributed by atoms with E-state index in [2.05, 4.69) is 55.6 Å². The molecule has 164 valence electrons. The number of carbonyl (C=O) groups is 1. The van der Waals surface area contributed by atoms with Crippen molar-refractivity contribution in [2.24, 2.45) is 0 Å². The van der Waals surface area contributed by atoms with E-state index in [1.54, 1.807) is 0 Å². The van der Waals surface area contributed by atoms with Gasteiger partial charge in [0.05, 0.1) is 11.4 Å². The van der Waals surface area contributed by atoms with Gasteiger partial charge in [-0.05, 0) is 98.1 Å². The van der Waals surface area contributed by atoms with E-state index in [-0.39, 0.29) is 5.91 Å². The van der Waals surface area contributed by atoms with Crippen LogP contribution in [0.4, 0.5) is 11.4 Å². The molecule has 1 fully saturated rings. The van der Waals surface area contributed by atoms with Crippen LogP contribution in [0.1, 0.15) is 47.4 Å². The maximum Gasteiger partial charge on any atom is 0.231 e. The molecule has 1 saturated heterocycles. The Kier molecular flexibility index (Phi) is 5.79. The number of anilines is 2. The van der Waals surface area contributed by atoms with Gasteiger partial charge in [0, 0.05) is 17.0 Å². The molecule has 0 radical (unpaired) electrons. The van der Waals surface area contributed by atoms with Crippen molar-refractivity contribution in [2.75, 3.05) is 18.0 Å². The van der Waals surface area contributed by atoms with Gasteiger partial charge in [-0.2, -0.15) is 0 Å². The highest BCUT2D eigenvalue weighted by molar-refractivity contribution is 6.33. The highest BCUT2D eigenvalue weighted by Crippen LogP contribution is 2.45. The van der Waals surface area contributed by atoms with Gasteiger partial charge in [0.15, 0.2) is 0 Å². The van der Waals surface area contributed by atoms with E-state index in [0.29, 0.717) is 12.3 Å². The van der Waals surface area contributed by atoms with Crippen molar-refractivity contribution in [3.05, 3.63) is 81.9 Å². The van der Waals surface area contributed by atoms with E-state index in [1.807, 2.05) is 23.1 Å². The molecule has 0 spiro atoms. The molecule has 2 aliphatic heterocycles. The smallest absolute Gasteiger partial charge is 0.231 e. The van der Waals surface area contributed by atoms with Gasteiger partial charge in [-0.15, -0.1) is 0 Å². The molecule has 2 aliphatic rings. The van der Waals surface area contributed by atoms with Crippen LogP contribution in [0, 0.1) is 13.8 Å².